The molecule has 0 bridgehead atoms. The van der Waals surface area contributed by atoms with Gasteiger partial charge in [0.05, 0.1) is 0 Å². The van der Waals surface area contributed by atoms with Gasteiger partial charge in [-0.3, -0.25) is 14.9 Å². The van der Waals surface area contributed by atoms with Crippen molar-refractivity contribution in [1.82, 2.24) is 10.2 Å². The van der Waals surface area contributed by atoms with Crippen LogP contribution in [0.2, 0.25) is 0 Å². The Bertz CT molecular complexity index is 1040. The van der Waals surface area contributed by atoms with Crippen LogP contribution in [0.25, 0.3) is 6.08 Å². The molecule has 35 heavy (non-hydrogen) atoms. The molecule has 2 amide bonds. The van der Waals surface area contributed by atoms with Gasteiger partial charge in [0.1, 0.15) is 0 Å². The molecule has 7 heteroatoms. The topological polar surface area (TPSA) is 64.7 Å². The minimum atomic E-state index is -0.281. The summed E-state index contributed by atoms with van der Waals surface area (Å²) in [6.07, 6.45) is 3.86. The molecule has 0 aromatic heterocycles. The number of rotatable bonds is 7. The number of anilines is 2. The highest BCUT2D eigenvalue weighted by atomic mass is 32.1. The van der Waals surface area contributed by atoms with E-state index in [0.717, 1.165) is 43.1 Å². The third-order valence-electron chi connectivity index (χ3n) is 5.97. The lowest BCUT2D eigenvalue weighted by atomic mass is 10.0. The van der Waals surface area contributed by atoms with Crippen molar-refractivity contribution in [2.45, 2.75) is 40.0 Å². The molecule has 0 atom stereocenters. The van der Waals surface area contributed by atoms with Crippen LogP contribution >= 0.6 is 12.2 Å². The summed E-state index contributed by atoms with van der Waals surface area (Å²) < 4.78 is 0. The number of nitrogens with one attached hydrogen (secondary N) is 2. The Morgan fingerprint density at radius 2 is 1.57 bits per heavy atom. The molecule has 0 saturated carbocycles. The lowest BCUT2D eigenvalue weighted by Gasteiger charge is -2.36. The van der Waals surface area contributed by atoms with Crippen LogP contribution in [0.1, 0.15) is 51.2 Å². The van der Waals surface area contributed by atoms with E-state index in [1.807, 2.05) is 41.3 Å². The largest absolute Gasteiger partial charge is 0.368 e. The first-order valence-corrected chi connectivity index (χ1v) is 12.6. The number of amides is 2. The number of hydrogen-bond acceptors (Lipinski definition) is 4. The van der Waals surface area contributed by atoms with E-state index in [9.17, 15) is 9.59 Å². The van der Waals surface area contributed by atoms with Gasteiger partial charge in [-0.1, -0.05) is 52.0 Å². The number of carbonyl (C=O) groups excluding carboxylic acids is 2. The van der Waals surface area contributed by atoms with E-state index < -0.39 is 0 Å². The van der Waals surface area contributed by atoms with Gasteiger partial charge in [0, 0.05) is 50.1 Å². The van der Waals surface area contributed by atoms with E-state index in [-0.39, 0.29) is 16.9 Å². The van der Waals surface area contributed by atoms with Crippen LogP contribution in [0.15, 0.2) is 54.6 Å². The average Bonchev–Trinajstić information content (AvgIpc) is 2.83. The number of thiocarbonyl (C=S) groups is 1. The molecule has 1 aliphatic heterocycles. The summed E-state index contributed by atoms with van der Waals surface area (Å²) in [5, 5.41) is 5.99. The molecule has 0 aliphatic carbocycles. The number of nitrogens with zero attached hydrogens (tertiary/aromatic N) is 2. The Morgan fingerprint density at radius 3 is 2.14 bits per heavy atom. The molecule has 3 rings (SSSR count). The van der Waals surface area contributed by atoms with Crippen LogP contribution in [0, 0.1) is 5.92 Å². The number of carbonyl (C=O) groups is 2. The van der Waals surface area contributed by atoms with Gasteiger partial charge in [0.25, 0.3) is 0 Å². The number of piperazine rings is 1. The smallest absolute Gasteiger partial charge is 0.250 e. The number of hydrogen-bond donors (Lipinski definition) is 2. The third kappa shape index (κ3) is 8.21. The van der Waals surface area contributed by atoms with Gasteiger partial charge in [0.2, 0.25) is 11.8 Å². The van der Waals surface area contributed by atoms with E-state index in [2.05, 4.69) is 55.4 Å². The normalized spacial score (nSPS) is 14.0. The highest BCUT2D eigenvalue weighted by Gasteiger charge is 2.21. The van der Waals surface area contributed by atoms with Gasteiger partial charge >= 0.3 is 0 Å². The summed E-state index contributed by atoms with van der Waals surface area (Å²) in [6.45, 7) is 11.6. The van der Waals surface area contributed by atoms with E-state index in [0.29, 0.717) is 18.3 Å². The third-order valence-corrected chi connectivity index (χ3v) is 6.18. The summed E-state index contributed by atoms with van der Waals surface area (Å²) in [6, 6.07) is 16.1. The molecule has 0 radical (unpaired) electrons. The van der Waals surface area contributed by atoms with E-state index in [4.69, 9.17) is 12.2 Å². The van der Waals surface area contributed by atoms with Crippen LogP contribution in [-0.2, 0) is 9.59 Å². The molecular formula is C28H36N4O2S. The summed E-state index contributed by atoms with van der Waals surface area (Å²) in [7, 11) is 0. The molecule has 2 N–H and O–H groups in total. The average molecular weight is 493 g/mol. The van der Waals surface area contributed by atoms with Gasteiger partial charge in [-0.25, -0.2) is 0 Å². The molecule has 2 aromatic rings. The molecule has 1 fully saturated rings. The first kappa shape index (κ1) is 26.4. The standard InChI is InChI=1S/C28H36N4O2S/c1-20(2)19-27(34)32-17-15-31(16-18-32)25-12-10-24(11-13-25)29-28(35)30-26(33)14-7-22-5-8-23(9-6-22)21(3)4/h5-14,20-21H,15-19H2,1-4H3,(H2,29,30,33,35)/b14-7+. The zero-order chi connectivity index (χ0) is 25.4. The second-order valence-electron chi connectivity index (χ2n) is 9.61. The van der Waals surface area contributed by atoms with Crippen LogP contribution < -0.4 is 15.5 Å². The van der Waals surface area contributed by atoms with Crippen molar-refractivity contribution in [2.24, 2.45) is 5.92 Å². The maximum Gasteiger partial charge on any atom is 0.250 e. The highest BCUT2D eigenvalue weighted by Crippen LogP contribution is 2.20. The Labute approximate surface area is 214 Å². The Morgan fingerprint density at radius 1 is 0.943 bits per heavy atom. The second kappa shape index (κ2) is 12.5. The predicted molar refractivity (Wildman–Crippen MR) is 149 cm³/mol. The Balaban J connectivity index is 1.45. The quantitative estimate of drug-likeness (QED) is 0.419. The van der Waals surface area contributed by atoms with E-state index in [1.54, 1.807) is 6.08 Å². The first-order valence-electron chi connectivity index (χ1n) is 12.2. The molecule has 0 spiro atoms. The predicted octanol–water partition coefficient (Wildman–Crippen LogP) is 5.03. The zero-order valence-corrected chi connectivity index (χ0v) is 21.9. The monoisotopic (exact) mass is 492 g/mol. The molecule has 1 saturated heterocycles. The van der Waals surface area contributed by atoms with Crippen molar-refractivity contribution in [3.05, 3.63) is 65.7 Å². The molecule has 1 heterocycles. The van der Waals surface area contributed by atoms with Crippen molar-refractivity contribution in [1.29, 1.82) is 0 Å². The molecular weight excluding hydrogens is 456 g/mol. The van der Waals surface area contributed by atoms with Gasteiger partial charge in [-0.2, -0.15) is 0 Å². The van der Waals surface area contributed by atoms with Gasteiger partial charge in [0.15, 0.2) is 5.11 Å². The maximum absolute atomic E-state index is 12.3. The molecule has 186 valence electrons. The summed E-state index contributed by atoms with van der Waals surface area (Å²) >= 11 is 5.29. The maximum atomic E-state index is 12.3. The SMILES string of the molecule is CC(C)CC(=O)N1CCN(c2ccc(NC(=S)NC(=O)/C=C/c3ccc(C(C)C)cc3)cc2)CC1. The highest BCUT2D eigenvalue weighted by molar-refractivity contribution is 7.80. The van der Waals surface area contributed by atoms with Gasteiger partial charge in [-0.05, 0) is 65.5 Å². The first-order chi connectivity index (χ1) is 16.7. The number of benzene rings is 2. The van der Waals surface area contributed by atoms with Crippen molar-refractivity contribution in [3.8, 4) is 0 Å². The van der Waals surface area contributed by atoms with Crippen LogP contribution in [0.3, 0.4) is 0 Å². The van der Waals surface area contributed by atoms with Gasteiger partial charge < -0.3 is 15.1 Å². The molecule has 2 aromatic carbocycles. The van der Waals surface area contributed by atoms with Crippen LogP contribution in [-0.4, -0.2) is 48.0 Å². The van der Waals surface area contributed by atoms with E-state index >= 15 is 0 Å². The van der Waals surface area contributed by atoms with Crippen LogP contribution in [0.4, 0.5) is 11.4 Å². The van der Waals surface area contributed by atoms with Crippen molar-refractivity contribution in [3.63, 3.8) is 0 Å². The molecule has 0 unspecified atom stereocenters. The minimum Gasteiger partial charge on any atom is -0.368 e. The lowest BCUT2D eigenvalue weighted by molar-refractivity contribution is -0.132. The fourth-order valence-corrected chi connectivity index (χ4v) is 4.15. The summed E-state index contributed by atoms with van der Waals surface area (Å²) in [5.74, 6) is 0.823. The summed E-state index contributed by atoms with van der Waals surface area (Å²) in [4.78, 5) is 28.7. The molecule has 1 aliphatic rings. The Hall–Kier alpha value is -3.19. The Kier molecular flexibility index (Phi) is 9.43. The van der Waals surface area contributed by atoms with E-state index in [1.165, 1.54) is 11.6 Å². The fourth-order valence-electron chi connectivity index (χ4n) is 3.93. The van der Waals surface area contributed by atoms with Crippen molar-refractivity contribution >= 4 is 46.6 Å². The summed E-state index contributed by atoms with van der Waals surface area (Å²) in [5.41, 5.74) is 4.14. The lowest BCUT2D eigenvalue weighted by Crippen LogP contribution is -2.49. The zero-order valence-electron chi connectivity index (χ0n) is 21.1. The van der Waals surface area contributed by atoms with Crippen LogP contribution in [0.5, 0.6) is 0 Å². The van der Waals surface area contributed by atoms with Crippen molar-refractivity contribution in [2.75, 3.05) is 36.4 Å². The second-order valence-corrected chi connectivity index (χ2v) is 10.0. The molecule has 6 nitrogen and oxygen atoms in total. The van der Waals surface area contributed by atoms with Gasteiger partial charge in [-0.15, -0.1) is 0 Å². The minimum absolute atomic E-state index is 0.244. The van der Waals surface area contributed by atoms with Crippen molar-refractivity contribution < 1.29 is 9.59 Å². The fraction of sp³-hybridized carbons (Fsp3) is 0.393.